The average Bonchev–Trinajstić information content (AvgIpc) is 3.40. The summed E-state index contributed by atoms with van der Waals surface area (Å²) in [5, 5.41) is 15.4. The van der Waals surface area contributed by atoms with E-state index in [1.54, 1.807) is 9.36 Å². The first-order valence-corrected chi connectivity index (χ1v) is 12.1. The number of thioether (sulfide) groups is 1. The van der Waals surface area contributed by atoms with Gasteiger partial charge in [0.2, 0.25) is 11.1 Å². The molecule has 34 heavy (non-hydrogen) atoms. The molecule has 2 aromatic carbocycles. The molecule has 0 saturated carbocycles. The van der Waals surface area contributed by atoms with Gasteiger partial charge in [0, 0.05) is 7.05 Å². The maximum absolute atomic E-state index is 13.3. The lowest BCUT2D eigenvalue weighted by Gasteiger charge is -2.18. The SMILES string of the molecule is CCCC(NC(=O)CSc1nnnn1-c1c(C)n(C)n(-c2ccccc2)c1=O)c1ccccc1. The lowest BCUT2D eigenvalue weighted by molar-refractivity contribution is -0.119. The molecule has 0 bridgehead atoms. The fraction of sp³-hybridized carbons (Fsp3) is 0.292. The number of aromatic nitrogens is 6. The molecular weight excluding hydrogens is 450 g/mol. The molecule has 176 valence electrons. The Bertz CT molecular complexity index is 1310. The summed E-state index contributed by atoms with van der Waals surface area (Å²) in [5.41, 5.74) is 2.65. The quantitative estimate of drug-likeness (QED) is 0.372. The Hall–Kier alpha value is -3.66. The molecule has 0 saturated heterocycles. The number of hydrogen-bond donors (Lipinski definition) is 1. The first-order valence-electron chi connectivity index (χ1n) is 11.1. The van der Waals surface area contributed by atoms with Crippen molar-refractivity contribution in [2.75, 3.05) is 5.75 Å². The number of carbonyl (C=O) groups excluding carboxylic acids is 1. The predicted molar refractivity (Wildman–Crippen MR) is 131 cm³/mol. The van der Waals surface area contributed by atoms with Crippen LogP contribution < -0.4 is 10.9 Å². The van der Waals surface area contributed by atoms with Crippen LogP contribution in [0.5, 0.6) is 0 Å². The lowest BCUT2D eigenvalue weighted by atomic mass is 10.0. The Balaban J connectivity index is 1.53. The third-order valence-corrected chi connectivity index (χ3v) is 6.54. The highest BCUT2D eigenvalue weighted by Crippen LogP contribution is 2.22. The Morgan fingerprint density at radius 2 is 1.76 bits per heavy atom. The van der Waals surface area contributed by atoms with Crippen LogP contribution in [0.1, 0.15) is 37.1 Å². The van der Waals surface area contributed by atoms with Crippen LogP contribution in [0.3, 0.4) is 0 Å². The van der Waals surface area contributed by atoms with Crippen LogP contribution in [0.25, 0.3) is 11.4 Å². The fourth-order valence-electron chi connectivity index (χ4n) is 3.87. The highest BCUT2D eigenvalue weighted by atomic mass is 32.2. The van der Waals surface area contributed by atoms with Gasteiger partial charge in [0.05, 0.1) is 23.2 Å². The third-order valence-electron chi connectivity index (χ3n) is 5.62. The highest BCUT2D eigenvalue weighted by molar-refractivity contribution is 7.99. The number of benzene rings is 2. The minimum atomic E-state index is -0.239. The van der Waals surface area contributed by atoms with Crippen molar-refractivity contribution >= 4 is 17.7 Å². The zero-order valence-corrected chi connectivity index (χ0v) is 20.2. The summed E-state index contributed by atoms with van der Waals surface area (Å²) >= 11 is 1.20. The number of hydrogen-bond acceptors (Lipinski definition) is 6. The molecule has 4 rings (SSSR count). The number of para-hydroxylation sites is 1. The molecule has 0 aliphatic carbocycles. The van der Waals surface area contributed by atoms with E-state index in [0.29, 0.717) is 16.5 Å². The van der Waals surface area contributed by atoms with E-state index in [0.717, 1.165) is 24.1 Å². The molecule has 0 radical (unpaired) electrons. The van der Waals surface area contributed by atoms with Gasteiger partial charge >= 0.3 is 0 Å². The topological polar surface area (TPSA) is 99.6 Å². The molecule has 1 amide bonds. The fourth-order valence-corrected chi connectivity index (χ4v) is 4.56. The van der Waals surface area contributed by atoms with Gasteiger partial charge in [-0.05, 0) is 41.5 Å². The average molecular weight is 478 g/mol. The molecule has 0 spiro atoms. The molecule has 1 unspecified atom stereocenters. The van der Waals surface area contributed by atoms with Gasteiger partial charge in [0.15, 0.2) is 5.69 Å². The maximum Gasteiger partial charge on any atom is 0.297 e. The van der Waals surface area contributed by atoms with Crippen LogP contribution >= 0.6 is 11.8 Å². The van der Waals surface area contributed by atoms with E-state index in [4.69, 9.17) is 0 Å². The van der Waals surface area contributed by atoms with Crippen LogP contribution in [0, 0.1) is 6.92 Å². The van der Waals surface area contributed by atoms with E-state index >= 15 is 0 Å². The van der Waals surface area contributed by atoms with Crippen molar-refractivity contribution in [3.63, 3.8) is 0 Å². The Morgan fingerprint density at radius 3 is 2.44 bits per heavy atom. The minimum Gasteiger partial charge on any atom is -0.349 e. The standard InChI is InChI=1S/C24H27N7O2S/c1-4-11-20(18-12-7-5-8-13-18)25-21(32)16-34-24-26-27-28-30(24)22-17(2)29(3)31(23(22)33)19-14-9-6-10-15-19/h5-10,12-15,20H,4,11,16H2,1-3H3,(H,25,32). The van der Waals surface area contributed by atoms with E-state index in [9.17, 15) is 9.59 Å². The van der Waals surface area contributed by atoms with Crippen molar-refractivity contribution in [3.05, 3.63) is 82.3 Å². The van der Waals surface area contributed by atoms with Crippen molar-refractivity contribution in [1.82, 2.24) is 34.9 Å². The molecule has 9 nitrogen and oxygen atoms in total. The van der Waals surface area contributed by atoms with E-state index in [1.165, 1.54) is 16.4 Å². The van der Waals surface area contributed by atoms with Crippen LogP contribution in [0.4, 0.5) is 0 Å². The number of carbonyl (C=O) groups is 1. The highest BCUT2D eigenvalue weighted by Gasteiger charge is 2.23. The number of tetrazole rings is 1. The van der Waals surface area contributed by atoms with Gasteiger partial charge in [-0.2, -0.15) is 4.68 Å². The van der Waals surface area contributed by atoms with Gasteiger partial charge in [-0.1, -0.05) is 73.6 Å². The molecule has 2 heterocycles. The molecule has 1 atom stereocenters. The summed E-state index contributed by atoms with van der Waals surface area (Å²) < 4.78 is 4.75. The smallest absolute Gasteiger partial charge is 0.297 e. The van der Waals surface area contributed by atoms with Crippen molar-refractivity contribution < 1.29 is 4.79 Å². The second-order valence-corrected chi connectivity index (χ2v) is 8.83. The van der Waals surface area contributed by atoms with Crippen molar-refractivity contribution in [2.24, 2.45) is 7.05 Å². The second-order valence-electron chi connectivity index (χ2n) is 7.89. The van der Waals surface area contributed by atoms with Crippen LogP contribution in [-0.4, -0.2) is 41.2 Å². The summed E-state index contributed by atoms with van der Waals surface area (Å²) in [6.07, 6.45) is 1.80. The normalized spacial score (nSPS) is 12.0. The van der Waals surface area contributed by atoms with Crippen LogP contribution in [-0.2, 0) is 11.8 Å². The molecular formula is C24H27N7O2S. The largest absolute Gasteiger partial charge is 0.349 e. The molecule has 0 aliphatic rings. The van der Waals surface area contributed by atoms with Crippen LogP contribution in [0.2, 0.25) is 0 Å². The van der Waals surface area contributed by atoms with Gasteiger partial charge in [-0.25, -0.2) is 4.68 Å². The van der Waals surface area contributed by atoms with Gasteiger partial charge in [-0.3, -0.25) is 14.3 Å². The van der Waals surface area contributed by atoms with Crippen LogP contribution in [0.15, 0.2) is 70.6 Å². The molecule has 4 aromatic rings. The van der Waals surface area contributed by atoms with Gasteiger partial charge < -0.3 is 5.32 Å². The van der Waals surface area contributed by atoms with Crippen molar-refractivity contribution in [1.29, 1.82) is 0 Å². The first-order chi connectivity index (χ1) is 16.5. The van der Waals surface area contributed by atoms with Crippen molar-refractivity contribution in [2.45, 2.75) is 37.9 Å². The summed E-state index contributed by atoms with van der Waals surface area (Å²) in [6.45, 7) is 3.93. The molecule has 0 fully saturated rings. The van der Waals surface area contributed by atoms with E-state index in [1.807, 2.05) is 74.6 Å². The number of nitrogens with one attached hydrogen (secondary N) is 1. The lowest BCUT2D eigenvalue weighted by Crippen LogP contribution is -2.30. The second kappa shape index (κ2) is 10.5. The third kappa shape index (κ3) is 4.81. The Morgan fingerprint density at radius 1 is 1.09 bits per heavy atom. The van der Waals surface area contributed by atoms with Gasteiger partial charge in [0.1, 0.15) is 0 Å². The van der Waals surface area contributed by atoms with Gasteiger partial charge in [0.25, 0.3) is 5.56 Å². The van der Waals surface area contributed by atoms with E-state index in [2.05, 4.69) is 27.8 Å². The summed E-state index contributed by atoms with van der Waals surface area (Å²) in [4.78, 5) is 26.1. The zero-order chi connectivity index (χ0) is 24.1. The molecule has 10 heteroatoms. The monoisotopic (exact) mass is 477 g/mol. The van der Waals surface area contributed by atoms with Gasteiger partial charge in [-0.15, -0.1) is 5.10 Å². The summed E-state index contributed by atoms with van der Waals surface area (Å²) in [6, 6.07) is 19.3. The Labute approximate surface area is 201 Å². The summed E-state index contributed by atoms with van der Waals surface area (Å²) in [7, 11) is 1.81. The number of rotatable bonds is 9. The first kappa shape index (κ1) is 23.5. The summed E-state index contributed by atoms with van der Waals surface area (Å²) in [5.74, 6) is 0.0138. The molecule has 0 aliphatic heterocycles. The predicted octanol–water partition coefficient (Wildman–Crippen LogP) is 3.21. The molecule has 2 aromatic heterocycles. The number of amides is 1. The van der Waals surface area contributed by atoms with Crippen molar-refractivity contribution in [3.8, 4) is 11.4 Å². The van der Waals surface area contributed by atoms with E-state index < -0.39 is 0 Å². The van der Waals surface area contributed by atoms with E-state index in [-0.39, 0.29) is 23.3 Å². The molecule has 1 N–H and O–H groups in total. The Kier molecular flexibility index (Phi) is 7.27. The number of nitrogens with zero attached hydrogens (tertiary/aromatic N) is 6. The zero-order valence-electron chi connectivity index (χ0n) is 19.4. The maximum atomic E-state index is 13.3. The minimum absolute atomic E-state index is 0.0512.